The first-order chi connectivity index (χ1) is 9.92. The van der Waals surface area contributed by atoms with Gasteiger partial charge in [0.15, 0.2) is 6.61 Å². The minimum Gasteiger partial charge on any atom is -0.484 e. The molecule has 0 radical (unpaired) electrons. The fraction of sp³-hybridized carbons (Fsp3) is 0.429. The van der Waals surface area contributed by atoms with E-state index in [0.717, 1.165) is 5.56 Å². The van der Waals surface area contributed by atoms with Gasteiger partial charge >= 0.3 is 5.97 Å². The first-order valence-electron chi connectivity index (χ1n) is 6.32. The molecule has 0 bridgehead atoms. The van der Waals surface area contributed by atoms with Gasteiger partial charge in [-0.15, -0.1) is 0 Å². The number of carbonyl (C=O) groups excluding carboxylic acids is 1. The molecule has 0 saturated carbocycles. The van der Waals surface area contributed by atoms with Crippen molar-refractivity contribution in [2.24, 2.45) is 0 Å². The zero-order valence-corrected chi connectivity index (χ0v) is 12.6. The number of carbonyl (C=O) groups is 2. The Hall–Kier alpha value is -1.79. The number of methoxy groups -OCH3 is 1. The highest BCUT2D eigenvalue weighted by Crippen LogP contribution is 2.21. The Morgan fingerprint density at radius 3 is 2.71 bits per heavy atom. The van der Waals surface area contributed by atoms with E-state index in [1.165, 1.54) is 7.11 Å². The Labute approximate surface area is 128 Å². The summed E-state index contributed by atoms with van der Waals surface area (Å²) in [5.41, 5.74) is 0.830. The molecule has 1 aromatic rings. The Balaban J connectivity index is 2.38. The van der Waals surface area contributed by atoms with Crippen LogP contribution in [0.1, 0.15) is 12.0 Å². The van der Waals surface area contributed by atoms with Crippen LogP contribution in [0.2, 0.25) is 5.02 Å². The van der Waals surface area contributed by atoms with Crippen molar-refractivity contribution in [2.45, 2.75) is 19.4 Å². The monoisotopic (exact) mass is 315 g/mol. The Morgan fingerprint density at radius 2 is 2.14 bits per heavy atom. The fourth-order valence-corrected chi connectivity index (χ4v) is 1.86. The van der Waals surface area contributed by atoms with E-state index in [1.54, 1.807) is 18.2 Å². The van der Waals surface area contributed by atoms with Gasteiger partial charge in [-0.2, -0.15) is 0 Å². The molecule has 0 aliphatic carbocycles. The van der Waals surface area contributed by atoms with E-state index in [0.29, 0.717) is 10.8 Å². The minimum absolute atomic E-state index is 0.116. The van der Waals surface area contributed by atoms with E-state index < -0.39 is 12.1 Å². The SMILES string of the molecule is COC(CNC(=O)COc1ccc(Cl)cc1C)CC(=O)O. The lowest BCUT2D eigenvalue weighted by Gasteiger charge is -2.14. The van der Waals surface area contributed by atoms with Crippen molar-refractivity contribution in [3.63, 3.8) is 0 Å². The molecule has 116 valence electrons. The number of hydrogen-bond donors (Lipinski definition) is 2. The molecule has 1 unspecified atom stereocenters. The zero-order valence-electron chi connectivity index (χ0n) is 11.9. The van der Waals surface area contributed by atoms with E-state index in [2.05, 4.69) is 5.32 Å². The van der Waals surface area contributed by atoms with E-state index in [1.807, 2.05) is 6.92 Å². The highest BCUT2D eigenvalue weighted by molar-refractivity contribution is 6.30. The lowest BCUT2D eigenvalue weighted by atomic mass is 10.2. The number of carboxylic acid groups (broad SMARTS) is 1. The number of aryl methyl sites for hydroxylation is 1. The van der Waals surface area contributed by atoms with Gasteiger partial charge in [-0.1, -0.05) is 11.6 Å². The average molecular weight is 316 g/mol. The van der Waals surface area contributed by atoms with Gasteiger partial charge in [0, 0.05) is 18.7 Å². The maximum Gasteiger partial charge on any atom is 0.306 e. The lowest BCUT2D eigenvalue weighted by Crippen LogP contribution is -2.37. The number of benzene rings is 1. The van der Waals surface area contributed by atoms with Gasteiger partial charge in [-0.3, -0.25) is 9.59 Å². The van der Waals surface area contributed by atoms with Crippen LogP contribution in [0.5, 0.6) is 5.75 Å². The van der Waals surface area contributed by atoms with Crippen LogP contribution in [0.4, 0.5) is 0 Å². The molecule has 0 fully saturated rings. The summed E-state index contributed by atoms with van der Waals surface area (Å²) in [7, 11) is 1.40. The predicted octanol–water partition coefficient (Wildman–Crippen LogP) is 1.63. The van der Waals surface area contributed by atoms with Crippen molar-refractivity contribution >= 4 is 23.5 Å². The number of nitrogens with one attached hydrogen (secondary N) is 1. The van der Waals surface area contributed by atoms with Crippen LogP contribution >= 0.6 is 11.6 Å². The van der Waals surface area contributed by atoms with Crippen LogP contribution in [0.15, 0.2) is 18.2 Å². The largest absolute Gasteiger partial charge is 0.484 e. The van der Waals surface area contributed by atoms with Gasteiger partial charge < -0.3 is 19.9 Å². The molecule has 21 heavy (non-hydrogen) atoms. The van der Waals surface area contributed by atoms with Gasteiger partial charge in [0.25, 0.3) is 5.91 Å². The molecule has 1 rings (SSSR count). The number of aliphatic carboxylic acids is 1. The zero-order chi connectivity index (χ0) is 15.8. The summed E-state index contributed by atoms with van der Waals surface area (Å²) in [5, 5.41) is 11.8. The first-order valence-corrected chi connectivity index (χ1v) is 6.70. The van der Waals surface area contributed by atoms with Crippen molar-refractivity contribution < 1.29 is 24.2 Å². The van der Waals surface area contributed by atoms with Gasteiger partial charge in [0.05, 0.1) is 12.5 Å². The Kier molecular flexibility index (Phi) is 6.98. The molecule has 0 aromatic heterocycles. The highest BCUT2D eigenvalue weighted by atomic mass is 35.5. The summed E-state index contributed by atoms with van der Waals surface area (Å²) in [5.74, 6) is -0.760. The smallest absolute Gasteiger partial charge is 0.306 e. The van der Waals surface area contributed by atoms with Gasteiger partial charge in [0.1, 0.15) is 5.75 Å². The van der Waals surface area contributed by atoms with Crippen LogP contribution in [0, 0.1) is 6.92 Å². The maximum absolute atomic E-state index is 11.6. The van der Waals surface area contributed by atoms with Crippen LogP contribution in [-0.2, 0) is 14.3 Å². The standard InChI is InChI=1S/C14H18ClNO5/c1-9-5-10(15)3-4-12(9)21-8-13(17)16-7-11(20-2)6-14(18)19/h3-5,11H,6-8H2,1-2H3,(H,16,17)(H,18,19). The number of halogens is 1. The molecule has 2 N–H and O–H groups in total. The normalized spacial score (nSPS) is 11.8. The number of carboxylic acids is 1. The molecule has 1 aromatic carbocycles. The fourth-order valence-electron chi connectivity index (χ4n) is 1.63. The molecular weight excluding hydrogens is 298 g/mol. The summed E-state index contributed by atoms with van der Waals surface area (Å²) < 4.78 is 10.3. The third-order valence-electron chi connectivity index (χ3n) is 2.76. The topological polar surface area (TPSA) is 84.9 Å². The number of amides is 1. The third-order valence-corrected chi connectivity index (χ3v) is 2.99. The quantitative estimate of drug-likeness (QED) is 0.761. The number of ether oxygens (including phenoxy) is 2. The van der Waals surface area contributed by atoms with Crippen molar-refractivity contribution in [2.75, 3.05) is 20.3 Å². The molecule has 0 aliphatic rings. The predicted molar refractivity (Wildman–Crippen MR) is 77.7 cm³/mol. The molecule has 0 spiro atoms. The van der Waals surface area contributed by atoms with Crippen molar-refractivity contribution in [1.82, 2.24) is 5.32 Å². The van der Waals surface area contributed by atoms with Gasteiger partial charge in [-0.25, -0.2) is 0 Å². The van der Waals surface area contributed by atoms with Crippen molar-refractivity contribution in [1.29, 1.82) is 0 Å². The average Bonchev–Trinajstić information content (AvgIpc) is 2.42. The van der Waals surface area contributed by atoms with E-state index in [4.69, 9.17) is 26.2 Å². The first kappa shape index (κ1) is 17.3. The molecule has 1 amide bonds. The minimum atomic E-state index is -0.982. The second-order valence-corrected chi connectivity index (χ2v) is 4.89. The molecule has 0 aliphatic heterocycles. The number of rotatable bonds is 8. The second kappa shape index (κ2) is 8.49. The molecule has 0 saturated heterocycles. The summed E-state index contributed by atoms with van der Waals surface area (Å²) in [6, 6.07) is 5.10. The molecule has 0 heterocycles. The highest BCUT2D eigenvalue weighted by Gasteiger charge is 2.14. The lowest BCUT2D eigenvalue weighted by molar-refractivity contribution is -0.140. The summed E-state index contributed by atoms with van der Waals surface area (Å²) in [6.45, 7) is 1.78. The number of hydrogen-bond acceptors (Lipinski definition) is 4. The summed E-state index contributed by atoms with van der Waals surface area (Å²) in [4.78, 5) is 22.2. The molecule has 1 atom stereocenters. The molecular formula is C14H18ClNO5. The van der Waals surface area contributed by atoms with Crippen LogP contribution in [-0.4, -0.2) is 43.3 Å². The summed E-state index contributed by atoms with van der Waals surface area (Å²) in [6.07, 6.45) is -0.739. The van der Waals surface area contributed by atoms with Crippen LogP contribution < -0.4 is 10.1 Å². The van der Waals surface area contributed by atoms with Gasteiger partial charge in [0.2, 0.25) is 0 Å². The van der Waals surface area contributed by atoms with E-state index >= 15 is 0 Å². The Morgan fingerprint density at radius 1 is 1.43 bits per heavy atom. The van der Waals surface area contributed by atoms with Crippen molar-refractivity contribution in [3.05, 3.63) is 28.8 Å². The van der Waals surface area contributed by atoms with Crippen LogP contribution in [0.3, 0.4) is 0 Å². The Bertz CT molecular complexity index is 506. The van der Waals surface area contributed by atoms with Crippen LogP contribution in [0.25, 0.3) is 0 Å². The van der Waals surface area contributed by atoms with Gasteiger partial charge in [-0.05, 0) is 30.7 Å². The maximum atomic E-state index is 11.6. The van der Waals surface area contributed by atoms with E-state index in [-0.39, 0.29) is 25.5 Å². The second-order valence-electron chi connectivity index (χ2n) is 4.46. The summed E-state index contributed by atoms with van der Waals surface area (Å²) >= 11 is 5.83. The van der Waals surface area contributed by atoms with E-state index in [9.17, 15) is 9.59 Å². The molecule has 6 nitrogen and oxygen atoms in total. The molecule has 7 heteroatoms. The van der Waals surface area contributed by atoms with Crippen molar-refractivity contribution in [3.8, 4) is 5.75 Å². The third kappa shape index (κ3) is 6.46.